The fraction of sp³-hybridized carbons (Fsp3) is 0.154. The van der Waals surface area contributed by atoms with E-state index in [1.807, 2.05) is 0 Å². The minimum absolute atomic E-state index is 0.0417. The van der Waals surface area contributed by atoms with Crippen molar-refractivity contribution in [2.24, 2.45) is 0 Å². The van der Waals surface area contributed by atoms with Gasteiger partial charge in [-0.1, -0.05) is 24.3 Å². The Hall–Kier alpha value is -4.46. The normalized spacial score (nSPS) is 10.6. The minimum Gasteiger partial charge on any atom is -0.504 e. The van der Waals surface area contributed by atoms with E-state index in [2.05, 4.69) is 5.32 Å². The quantitative estimate of drug-likeness (QED) is 0.341. The first-order chi connectivity index (χ1) is 16.4. The van der Waals surface area contributed by atoms with Gasteiger partial charge in [-0.3, -0.25) is 9.59 Å². The summed E-state index contributed by atoms with van der Waals surface area (Å²) in [7, 11) is 4.42. The first-order valence-electron chi connectivity index (χ1n) is 10.3. The molecule has 3 aromatic rings. The van der Waals surface area contributed by atoms with Gasteiger partial charge in [0.2, 0.25) is 0 Å². The number of phenols is 1. The molecule has 0 aliphatic rings. The molecule has 8 nitrogen and oxygen atoms in total. The van der Waals surface area contributed by atoms with E-state index in [-0.39, 0.29) is 29.8 Å². The lowest BCUT2D eigenvalue weighted by atomic mass is 10.1. The van der Waals surface area contributed by atoms with Gasteiger partial charge in [-0.25, -0.2) is 0 Å². The Kier molecular flexibility index (Phi) is 8.12. The second-order valence-corrected chi connectivity index (χ2v) is 7.03. The number of carbonyl (C=O) groups is 2. The van der Waals surface area contributed by atoms with Crippen molar-refractivity contribution < 1.29 is 33.6 Å². The number of ether oxygens (including phenoxy) is 4. The van der Waals surface area contributed by atoms with Crippen molar-refractivity contribution in [2.75, 3.05) is 33.3 Å². The number of ketones is 1. The fourth-order valence-corrected chi connectivity index (χ4v) is 3.08. The fourth-order valence-electron chi connectivity index (χ4n) is 3.08. The van der Waals surface area contributed by atoms with Crippen LogP contribution in [0.3, 0.4) is 0 Å². The lowest BCUT2D eigenvalue weighted by Crippen LogP contribution is -2.20. The first kappa shape index (κ1) is 24.2. The van der Waals surface area contributed by atoms with Crippen molar-refractivity contribution >= 4 is 23.5 Å². The largest absolute Gasteiger partial charge is 0.504 e. The van der Waals surface area contributed by atoms with Gasteiger partial charge in [0.05, 0.1) is 27.0 Å². The third-order valence-corrected chi connectivity index (χ3v) is 4.82. The Morgan fingerprint density at radius 2 is 1.59 bits per heavy atom. The Bertz CT molecular complexity index is 1200. The predicted molar refractivity (Wildman–Crippen MR) is 128 cm³/mol. The molecule has 0 saturated carbocycles. The number of rotatable bonds is 10. The first-order valence-corrected chi connectivity index (χ1v) is 10.3. The maximum atomic E-state index is 12.5. The Balaban J connectivity index is 1.64. The Morgan fingerprint density at radius 3 is 2.32 bits per heavy atom. The van der Waals surface area contributed by atoms with Crippen LogP contribution in [0.2, 0.25) is 0 Å². The van der Waals surface area contributed by atoms with Crippen molar-refractivity contribution in [3.05, 3.63) is 77.9 Å². The van der Waals surface area contributed by atoms with Crippen molar-refractivity contribution in [3.63, 3.8) is 0 Å². The number of anilines is 1. The Labute approximate surface area is 197 Å². The number of methoxy groups -OCH3 is 3. The summed E-state index contributed by atoms with van der Waals surface area (Å²) in [5, 5.41) is 12.4. The van der Waals surface area contributed by atoms with Crippen LogP contribution in [-0.4, -0.2) is 44.7 Å². The summed E-state index contributed by atoms with van der Waals surface area (Å²) >= 11 is 0. The highest BCUT2D eigenvalue weighted by Crippen LogP contribution is 2.30. The molecular weight excluding hydrogens is 438 g/mol. The molecule has 176 valence electrons. The molecule has 0 spiro atoms. The molecule has 0 aromatic heterocycles. The number of nitrogens with one attached hydrogen (secondary N) is 1. The SMILES string of the molecule is COc1cc(C(=O)/C=C/c2ccc(OCC(=O)Nc3ccccc3OC)c(OC)c2)ccc1O. The van der Waals surface area contributed by atoms with Crippen LogP contribution < -0.4 is 24.3 Å². The number of allylic oxidation sites excluding steroid dienone is 1. The molecular formula is C26H25NO7. The molecule has 3 aromatic carbocycles. The monoisotopic (exact) mass is 463 g/mol. The summed E-state index contributed by atoms with van der Waals surface area (Å²) in [4.78, 5) is 24.8. The van der Waals surface area contributed by atoms with Gasteiger partial charge in [0.25, 0.3) is 5.91 Å². The van der Waals surface area contributed by atoms with Crippen molar-refractivity contribution in [3.8, 4) is 28.7 Å². The summed E-state index contributed by atoms with van der Waals surface area (Å²) in [6, 6.07) is 16.5. The van der Waals surface area contributed by atoms with E-state index in [4.69, 9.17) is 18.9 Å². The van der Waals surface area contributed by atoms with E-state index in [1.165, 1.54) is 45.6 Å². The molecule has 2 N–H and O–H groups in total. The lowest BCUT2D eigenvalue weighted by molar-refractivity contribution is -0.118. The number of amides is 1. The summed E-state index contributed by atoms with van der Waals surface area (Å²) in [6.45, 7) is -0.231. The van der Waals surface area contributed by atoms with Gasteiger partial charge < -0.3 is 29.4 Å². The molecule has 0 atom stereocenters. The molecule has 0 bridgehead atoms. The zero-order chi connectivity index (χ0) is 24.5. The molecule has 0 fully saturated rings. The van der Waals surface area contributed by atoms with E-state index in [0.29, 0.717) is 34.1 Å². The molecule has 3 rings (SSSR count). The van der Waals surface area contributed by atoms with Gasteiger partial charge >= 0.3 is 0 Å². The number of hydrogen-bond donors (Lipinski definition) is 2. The van der Waals surface area contributed by atoms with Gasteiger partial charge in [0, 0.05) is 5.56 Å². The maximum absolute atomic E-state index is 12.5. The maximum Gasteiger partial charge on any atom is 0.262 e. The average molecular weight is 463 g/mol. The highest BCUT2D eigenvalue weighted by atomic mass is 16.5. The number of hydrogen-bond acceptors (Lipinski definition) is 7. The van der Waals surface area contributed by atoms with Crippen LogP contribution in [0.25, 0.3) is 6.08 Å². The van der Waals surface area contributed by atoms with Crippen LogP contribution in [0, 0.1) is 0 Å². The highest BCUT2D eigenvalue weighted by Gasteiger charge is 2.11. The van der Waals surface area contributed by atoms with E-state index in [0.717, 1.165) is 0 Å². The Morgan fingerprint density at radius 1 is 0.853 bits per heavy atom. The van der Waals surface area contributed by atoms with Crippen LogP contribution in [0.5, 0.6) is 28.7 Å². The van der Waals surface area contributed by atoms with Gasteiger partial charge in [-0.2, -0.15) is 0 Å². The number of aromatic hydroxyl groups is 1. The third kappa shape index (κ3) is 6.07. The minimum atomic E-state index is -0.356. The van der Waals surface area contributed by atoms with E-state index in [9.17, 15) is 14.7 Å². The molecule has 0 heterocycles. The van der Waals surface area contributed by atoms with E-state index >= 15 is 0 Å². The zero-order valence-electron chi connectivity index (χ0n) is 19.0. The smallest absolute Gasteiger partial charge is 0.262 e. The van der Waals surface area contributed by atoms with E-state index in [1.54, 1.807) is 48.5 Å². The number of phenolic OH excluding ortho intramolecular Hbond substituents is 1. The highest BCUT2D eigenvalue weighted by molar-refractivity contribution is 6.07. The predicted octanol–water partition coefficient (Wildman–Crippen LogP) is 4.33. The van der Waals surface area contributed by atoms with Crippen molar-refractivity contribution in [2.45, 2.75) is 0 Å². The second kappa shape index (κ2) is 11.4. The lowest BCUT2D eigenvalue weighted by Gasteiger charge is -2.13. The summed E-state index contributed by atoms with van der Waals surface area (Å²) in [6.07, 6.45) is 3.03. The molecule has 34 heavy (non-hydrogen) atoms. The summed E-state index contributed by atoms with van der Waals surface area (Å²) in [5.41, 5.74) is 1.61. The van der Waals surface area contributed by atoms with Crippen LogP contribution in [0.15, 0.2) is 66.7 Å². The van der Waals surface area contributed by atoms with Gasteiger partial charge in [0.15, 0.2) is 35.4 Å². The standard InChI is InChI=1S/C26H25NO7/c1-31-22-7-5-4-6-19(22)27-26(30)16-34-23-13-9-17(14-25(23)33-3)8-11-20(28)18-10-12-21(29)24(15-18)32-2/h4-15,29H,16H2,1-3H3,(H,27,30)/b11-8+. The van der Waals surface area contributed by atoms with E-state index < -0.39 is 0 Å². The van der Waals surface area contributed by atoms with Crippen molar-refractivity contribution in [1.82, 2.24) is 0 Å². The van der Waals surface area contributed by atoms with Gasteiger partial charge in [-0.05, 0) is 54.1 Å². The second-order valence-electron chi connectivity index (χ2n) is 7.03. The number of benzene rings is 3. The average Bonchev–Trinajstić information content (AvgIpc) is 2.86. The number of carbonyl (C=O) groups excluding carboxylic acids is 2. The van der Waals surface area contributed by atoms with Crippen LogP contribution in [0.4, 0.5) is 5.69 Å². The van der Waals surface area contributed by atoms with Crippen LogP contribution >= 0.6 is 0 Å². The molecule has 0 saturated heterocycles. The van der Waals surface area contributed by atoms with Crippen molar-refractivity contribution in [1.29, 1.82) is 0 Å². The molecule has 0 unspecified atom stereocenters. The molecule has 0 aliphatic heterocycles. The number of para-hydroxylation sites is 2. The van der Waals surface area contributed by atoms with Gasteiger partial charge in [0.1, 0.15) is 5.75 Å². The summed E-state index contributed by atoms with van der Waals surface area (Å²) in [5.74, 6) is 0.897. The van der Waals surface area contributed by atoms with Gasteiger partial charge in [-0.15, -0.1) is 0 Å². The molecule has 8 heteroatoms. The molecule has 0 radical (unpaired) electrons. The summed E-state index contributed by atoms with van der Waals surface area (Å²) < 4.78 is 21.2. The topological polar surface area (TPSA) is 103 Å². The van der Waals surface area contributed by atoms with Crippen LogP contribution in [-0.2, 0) is 4.79 Å². The van der Waals surface area contributed by atoms with Crippen LogP contribution in [0.1, 0.15) is 15.9 Å². The molecule has 1 amide bonds. The third-order valence-electron chi connectivity index (χ3n) is 4.82. The zero-order valence-corrected chi connectivity index (χ0v) is 19.0. The molecule has 0 aliphatic carbocycles.